The van der Waals surface area contributed by atoms with Crippen LogP contribution in [0.15, 0.2) is 0 Å². The molecular weight excluding hydrogens is 308 g/mol. The number of rotatable bonds is 0. The molecule has 64 valence electrons. The van der Waals surface area contributed by atoms with Crippen LogP contribution in [0.5, 0.6) is 0 Å². The van der Waals surface area contributed by atoms with Crippen LogP contribution in [0.4, 0.5) is 0 Å². The third kappa shape index (κ3) is 157. The van der Waals surface area contributed by atoms with Crippen LogP contribution in [0, 0.1) is 0 Å². The van der Waals surface area contributed by atoms with E-state index < -0.39 is 18.2 Å². The first-order valence-corrected chi connectivity index (χ1v) is 4.29. The Labute approximate surface area is 203 Å². The summed E-state index contributed by atoms with van der Waals surface area (Å²) in [4.78, 5) is 25.6. The van der Waals surface area contributed by atoms with Crippen LogP contribution in [0.1, 0.15) is 0 Å². The normalized spacial score (nSPS) is 9.00. The summed E-state index contributed by atoms with van der Waals surface area (Å²) in [6.45, 7) is 0. The Bertz CT molecular complexity index is 197. The fourth-order valence-corrected chi connectivity index (χ4v) is 0. The monoisotopic (exact) mass is 310 g/mol. The van der Waals surface area contributed by atoms with Gasteiger partial charge in [0.25, 0.3) is 0 Å². The predicted molar refractivity (Wildman–Crippen MR) is 21.8 cm³/mol. The molecule has 0 heterocycles. The molecule has 0 rings (SSSR count). The van der Waals surface area contributed by atoms with E-state index in [1.165, 1.54) is 0 Å². The van der Waals surface area contributed by atoms with Crippen molar-refractivity contribution in [1.82, 2.24) is 0 Å². The van der Waals surface area contributed by atoms with E-state index in [0.29, 0.717) is 0 Å². The molecule has 0 saturated heterocycles. The summed E-state index contributed by atoms with van der Waals surface area (Å²) in [6, 6.07) is 0. The Morgan fingerprint density at radius 1 is 0.923 bits per heavy atom. The van der Waals surface area contributed by atoms with Crippen LogP contribution in [-0.2, 0) is 15.0 Å². The molecule has 0 aliphatic rings. The number of hydrogen-bond donors (Lipinski definition) is 2. The molecule has 0 amide bonds. The van der Waals surface area contributed by atoms with Crippen LogP contribution in [-0.4, -0.2) is 17.5 Å². The van der Waals surface area contributed by atoms with Crippen LogP contribution in [0.25, 0.3) is 0 Å². The molecule has 0 radical (unpaired) electrons. The van der Waals surface area contributed by atoms with E-state index in [1.807, 2.05) is 0 Å². The van der Waals surface area contributed by atoms with Crippen molar-refractivity contribution < 1.29 is 191 Å². The smallest absolute Gasteiger partial charge is 0.822 e. The summed E-state index contributed by atoms with van der Waals surface area (Å²) in [5.74, 6) is 0. The average Bonchev–Trinajstić information content (AvgIpc) is 1.12. The van der Waals surface area contributed by atoms with Crippen molar-refractivity contribution in [3.8, 4) is 0 Å². The maximum atomic E-state index is 8.74. The molecule has 0 aromatic rings. The fourth-order valence-electron chi connectivity index (χ4n) is 0. The van der Waals surface area contributed by atoms with Crippen LogP contribution in [0.2, 0.25) is 0 Å². The number of hydrogen-bond acceptors (Lipinski definition) is 6. The second-order valence-corrected chi connectivity index (χ2v) is 2.69. The second kappa shape index (κ2) is 14.9. The molecule has 0 aromatic carbocycles. The Morgan fingerprint density at radius 2 is 0.923 bits per heavy atom. The van der Waals surface area contributed by atoms with Crippen molar-refractivity contribution in [1.29, 1.82) is 0 Å². The zero-order valence-electron chi connectivity index (χ0n) is 7.20. The Hall–Kier alpha value is 4.89. The van der Waals surface area contributed by atoms with Crippen molar-refractivity contribution in [2.24, 2.45) is 0 Å². The summed E-state index contributed by atoms with van der Waals surface area (Å²) in [6.07, 6.45) is 0. The molecule has 13 heteroatoms. The summed E-state index contributed by atoms with van der Waals surface area (Å²) in [5.41, 5.74) is 0. The maximum absolute atomic E-state index is 8.74. The minimum absolute atomic E-state index is 0. The van der Waals surface area contributed by atoms with E-state index in [1.54, 1.807) is 0 Å². The first-order chi connectivity index (χ1) is 4.00. The Morgan fingerprint density at radius 3 is 0.923 bits per heavy atom. The summed E-state index contributed by atoms with van der Waals surface area (Å²) in [5, 5.41) is 0. The summed E-state index contributed by atoms with van der Waals surface area (Å²) in [7, 11) is -10.1. The van der Waals surface area contributed by atoms with Crippen molar-refractivity contribution in [2.45, 2.75) is 0 Å². The molecule has 2 N–H and O–H groups in total. The van der Waals surface area contributed by atoms with E-state index in [2.05, 4.69) is 0 Å². The van der Waals surface area contributed by atoms with E-state index >= 15 is 0 Å². The second-order valence-electron chi connectivity index (χ2n) is 0.895. The average molecular weight is 310 g/mol. The van der Waals surface area contributed by atoms with Gasteiger partial charge in [0, 0.05) is 0 Å². The largest absolute Gasteiger partial charge is 1.00 e. The van der Waals surface area contributed by atoms with E-state index in [-0.39, 0.29) is 154 Å². The van der Waals surface area contributed by atoms with Crippen LogP contribution >= 0.6 is 7.82 Å². The third-order valence-corrected chi connectivity index (χ3v) is 0. The SMILES string of the molecule is O=P([O-])([O-])[O-].O=S(=O)(O)O.[K+].[K+].[K+]. The van der Waals surface area contributed by atoms with Gasteiger partial charge in [0.15, 0.2) is 0 Å². The van der Waals surface area contributed by atoms with Gasteiger partial charge < -0.3 is 19.2 Å². The van der Waals surface area contributed by atoms with Crippen molar-refractivity contribution in [3.05, 3.63) is 0 Å². The Balaban J connectivity index is -0.0000000267. The van der Waals surface area contributed by atoms with Gasteiger partial charge in [-0.25, -0.2) is 0 Å². The zero-order valence-corrected chi connectivity index (χ0v) is 18.3. The molecule has 0 aromatic heterocycles. The molecule has 0 fully saturated rings. The molecule has 0 aliphatic heterocycles. The Kier molecular flexibility index (Phi) is 35.3. The van der Waals surface area contributed by atoms with E-state index in [0.717, 1.165) is 0 Å². The van der Waals surface area contributed by atoms with Gasteiger partial charge in [-0.2, -0.15) is 16.2 Å². The molecular formula is H2K3O8PS. The van der Waals surface area contributed by atoms with E-state index in [9.17, 15) is 0 Å². The van der Waals surface area contributed by atoms with Crippen molar-refractivity contribution in [3.63, 3.8) is 0 Å². The maximum Gasteiger partial charge on any atom is 1.00 e. The summed E-state index contributed by atoms with van der Waals surface area (Å²) >= 11 is 0. The molecule has 0 atom stereocenters. The molecule has 13 heavy (non-hydrogen) atoms. The topological polar surface area (TPSA) is 161 Å². The quantitative estimate of drug-likeness (QED) is 0.253. The minimum atomic E-state index is -5.39. The van der Waals surface area contributed by atoms with Gasteiger partial charge in [0.1, 0.15) is 0 Å². The minimum Gasteiger partial charge on any atom is -0.822 e. The molecule has 0 spiro atoms. The van der Waals surface area contributed by atoms with Crippen LogP contribution in [0.3, 0.4) is 0 Å². The van der Waals surface area contributed by atoms with Gasteiger partial charge in [-0.1, -0.05) is 0 Å². The predicted octanol–water partition coefficient (Wildman–Crippen LogP) is -12.5. The van der Waals surface area contributed by atoms with Gasteiger partial charge in [0.05, 0.1) is 0 Å². The molecule has 0 aliphatic carbocycles. The van der Waals surface area contributed by atoms with Crippen LogP contribution < -0.4 is 169 Å². The zero-order chi connectivity index (χ0) is 9.00. The first-order valence-electron chi connectivity index (χ1n) is 1.43. The number of phosphoric acid groups is 1. The van der Waals surface area contributed by atoms with Gasteiger partial charge in [-0.15, -0.1) is 0 Å². The molecule has 0 saturated carbocycles. The van der Waals surface area contributed by atoms with Gasteiger partial charge in [-0.3, -0.25) is 9.11 Å². The summed E-state index contributed by atoms with van der Waals surface area (Å²) < 4.78 is 40.1. The standard InChI is InChI=1S/3K.H3O4P.H2O4S/c;;;2*1-5(2,3)4/h;;;(H3,1,2,3,4);(H2,1,2,3,4)/q3*+1;;/p-3. The molecule has 0 unspecified atom stereocenters. The first kappa shape index (κ1) is 30.7. The van der Waals surface area contributed by atoms with Gasteiger partial charge in [-0.05, 0) is 0 Å². The van der Waals surface area contributed by atoms with Gasteiger partial charge in [0.2, 0.25) is 0 Å². The third-order valence-electron chi connectivity index (χ3n) is 0. The van der Waals surface area contributed by atoms with Crippen molar-refractivity contribution in [2.75, 3.05) is 0 Å². The molecule has 8 nitrogen and oxygen atoms in total. The molecule has 0 bridgehead atoms. The van der Waals surface area contributed by atoms with E-state index in [4.69, 9.17) is 36.8 Å². The van der Waals surface area contributed by atoms with Crippen molar-refractivity contribution >= 4 is 18.2 Å². The van der Waals surface area contributed by atoms with Gasteiger partial charge >= 0.3 is 165 Å². The fraction of sp³-hybridized carbons (Fsp3) is 0.